The van der Waals surface area contributed by atoms with Crippen molar-refractivity contribution in [2.24, 2.45) is 0 Å². The van der Waals surface area contributed by atoms with Gasteiger partial charge in [-0.1, -0.05) is 24.9 Å². The highest BCUT2D eigenvalue weighted by molar-refractivity contribution is 6.32. The molecule has 0 fully saturated rings. The lowest BCUT2D eigenvalue weighted by Crippen LogP contribution is -2.01. The van der Waals surface area contributed by atoms with Gasteiger partial charge in [0, 0.05) is 6.20 Å². The van der Waals surface area contributed by atoms with Gasteiger partial charge in [0.05, 0.1) is 4.92 Å². The smallest absolute Gasteiger partial charge is 0.258 e. The van der Waals surface area contributed by atoms with Crippen LogP contribution in [0.5, 0.6) is 0 Å². The second kappa shape index (κ2) is 5.09. The first-order chi connectivity index (χ1) is 8.65. The lowest BCUT2D eigenvalue weighted by atomic mass is 10.2. The molecule has 18 heavy (non-hydrogen) atoms. The summed E-state index contributed by atoms with van der Waals surface area (Å²) in [5.41, 5.74) is 0.197. The van der Waals surface area contributed by atoms with Crippen molar-refractivity contribution in [3.8, 4) is 5.82 Å². The normalized spacial score (nSPS) is 10.6. The van der Waals surface area contributed by atoms with Gasteiger partial charge in [0.25, 0.3) is 0 Å². The lowest BCUT2D eigenvalue weighted by Gasteiger charge is -1.98. The third-order valence-electron chi connectivity index (χ3n) is 2.32. The second-order valence-corrected chi connectivity index (χ2v) is 3.94. The zero-order valence-electron chi connectivity index (χ0n) is 9.58. The Kier molecular flexibility index (Phi) is 3.52. The van der Waals surface area contributed by atoms with Crippen molar-refractivity contribution in [1.82, 2.24) is 20.0 Å². The van der Waals surface area contributed by atoms with Crippen LogP contribution in [0.1, 0.15) is 19.0 Å². The van der Waals surface area contributed by atoms with Crippen molar-refractivity contribution in [2.75, 3.05) is 0 Å². The van der Waals surface area contributed by atoms with Crippen LogP contribution in [0.2, 0.25) is 5.15 Å². The molecule has 0 aliphatic rings. The zero-order valence-corrected chi connectivity index (χ0v) is 10.3. The van der Waals surface area contributed by atoms with Crippen LogP contribution in [0.25, 0.3) is 5.82 Å². The van der Waals surface area contributed by atoms with Crippen molar-refractivity contribution in [3.05, 3.63) is 39.3 Å². The van der Waals surface area contributed by atoms with Gasteiger partial charge in [0.1, 0.15) is 5.69 Å². The van der Waals surface area contributed by atoms with Crippen molar-refractivity contribution in [3.63, 3.8) is 0 Å². The molecule has 0 amide bonds. The molecular weight excluding hydrogens is 258 g/mol. The fourth-order valence-electron chi connectivity index (χ4n) is 1.58. The van der Waals surface area contributed by atoms with Crippen LogP contribution in [0.4, 0.5) is 5.69 Å². The maximum Gasteiger partial charge on any atom is 0.329 e. The minimum Gasteiger partial charge on any atom is -0.258 e. The highest BCUT2D eigenvalue weighted by Gasteiger charge is 2.27. The van der Waals surface area contributed by atoms with E-state index in [-0.39, 0.29) is 10.8 Å². The van der Waals surface area contributed by atoms with Crippen LogP contribution in [0, 0.1) is 10.1 Å². The van der Waals surface area contributed by atoms with Crippen molar-refractivity contribution < 1.29 is 4.92 Å². The number of nitrogens with zero attached hydrogens (tertiary/aromatic N) is 5. The molecule has 0 saturated heterocycles. The second-order valence-electron chi connectivity index (χ2n) is 3.59. The summed E-state index contributed by atoms with van der Waals surface area (Å²) in [6.07, 6.45) is 2.74. The van der Waals surface area contributed by atoms with E-state index in [1.165, 1.54) is 10.9 Å². The average Bonchev–Trinajstić information content (AvgIpc) is 2.68. The molecule has 0 radical (unpaired) electrons. The van der Waals surface area contributed by atoms with Crippen LogP contribution in [-0.2, 0) is 6.42 Å². The average molecular weight is 268 g/mol. The summed E-state index contributed by atoms with van der Waals surface area (Å²) < 4.78 is 1.23. The SMILES string of the molecule is CCCc1nn(-c2cccnn2)c(Cl)c1[N+](=O)[O-]. The maximum absolute atomic E-state index is 11.0. The van der Waals surface area contributed by atoms with Crippen molar-refractivity contribution in [1.29, 1.82) is 0 Å². The topological polar surface area (TPSA) is 86.7 Å². The van der Waals surface area contributed by atoms with Crippen LogP contribution >= 0.6 is 11.6 Å². The quantitative estimate of drug-likeness (QED) is 0.626. The van der Waals surface area contributed by atoms with Crippen LogP contribution in [0.3, 0.4) is 0 Å². The van der Waals surface area contributed by atoms with E-state index in [1.807, 2.05) is 6.92 Å². The summed E-state index contributed by atoms with van der Waals surface area (Å²) in [4.78, 5) is 10.5. The van der Waals surface area contributed by atoms with E-state index in [4.69, 9.17) is 11.6 Å². The molecule has 8 heteroatoms. The minimum absolute atomic E-state index is 0.0519. The summed E-state index contributed by atoms with van der Waals surface area (Å²) >= 11 is 5.99. The fourth-order valence-corrected chi connectivity index (χ4v) is 1.88. The van der Waals surface area contributed by atoms with Crippen LogP contribution < -0.4 is 0 Å². The first-order valence-electron chi connectivity index (χ1n) is 5.35. The van der Waals surface area contributed by atoms with Gasteiger partial charge in [-0.3, -0.25) is 10.1 Å². The number of nitro groups is 1. The van der Waals surface area contributed by atoms with E-state index in [9.17, 15) is 10.1 Å². The highest BCUT2D eigenvalue weighted by Crippen LogP contribution is 2.30. The predicted octanol–water partition coefficient (Wildman–Crippen LogP) is 2.18. The summed E-state index contributed by atoms with van der Waals surface area (Å²) in [6, 6.07) is 3.29. The Morgan fingerprint density at radius 3 is 2.89 bits per heavy atom. The van der Waals surface area contributed by atoms with Gasteiger partial charge in [0.15, 0.2) is 5.82 Å². The first-order valence-corrected chi connectivity index (χ1v) is 5.72. The van der Waals surface area contributed by atoms with Crippen LogP contribution in [0.15, 0.2) is 18.3 Å². The molecule has 94 valence electrons. The molecule has 0 aliphatic carbocycles. The van der Waals surface area contributed by atoms with E-state index < -0.39 is 4.92 Å². The predicted molar refractivity (Wildman–Crippen MR) is 64.8 cm³/mol. The summed E-state index contributed by atoms with van der Waals surface area (Å²) in [7, 11) is 0. The summed E-state index contributed by atoms with van der Waals surface area (Å²) in [5.74, 6) is 0.355. The van der Waals surface area contributed by atoms with E-state index in [0.717, 1.165) is 6.42 Å². The molecule has 0 bridgehead atoms. The lowest BCUT2D eigenvalue weighted by molar-refractivity contribution is -0.385. The number of rotatable bonds is 4. The van der Waals surface area contributed by atoms with Gasteiger partial charge in [-0.15, -0.1) is 5.10 Å². The van der Waals surface area contributed by atoms with E-state index in [2.05, 4.69) is 15.3 Å². The van der Waals surface area contributed by atoms with Gasteiger partial charge in [-0.05, 0) is 18.6 Å². The van der Waals surface area contributed by atoms with E-state index >= 15 is 0 Å². The Morgan fingerprint density at radius 1 is 1.56 bits per heavy atom. The minimum atomic E-state index is -0.521. The molecule has 7 nitrogen and oxygen atoms in total. The molecule has 0 aromatic carbocycles. The maximum atomic E-state index is 11.0. The van der Waals surface area contributed by atoms with E-state index in [1.54, 1.807) is 12.1 Å². The molecule has 2 aromatic heterocycles. The Balaban J connectivity index is 2.57. The molecule has 0 atom stereocenters. The Hall–Kier alpha value is -2.02. The van der Waals surface area contributed by atoms with Gasteiger partial charge >= 0.3 is 5.69 Å². The standard InChI is InChI=1S/C10H10ClN5O2/c1-2-4-7-9(16(17)18)10(11)15(14-7)8-5-3-6-12-13-8/h3,5-6H,2,4H2,1H3. The fraction of sp³-hybridized carbons (Fsp3) is 0.300. The number of halogens is 1. The number of hydrogen-bond donors (Lipinski definition) is 0. The van der Waals surface area contributed by atoms with E-state index in [0.29, 0.717) is 17.9 Å². The third-order valence-corrected chi connectivity index (χ3v) is 2.66. The zero-order chi connectivity index (χ0) is 13.1. The van der Waals surface area contributed by atoms with Crippen LogP contribution in [-0.4, -0.2) is 24.9 Å². The number of aromatic nitrogens is 4. The largest absolute Gasteiger partial charge is 0.329 e. The molecule has 0 saturated carbocycles. The van der Waals surface area contributed by atoms with Gasteiger partial charge in [0.2, 0.25) is 5.15 Å². The van der Waals surface area contributed by atoms with Crippen molar-refractivity contribution in [2.45, 2.75) is 19.8 Å². The van der Waals surface area contributed by atoms with Gasteiger partial charge in [-0.25, -0.2) is 0 Å². The molecule has 0 aliphatic heterocycles. The number of hydrogen-bond acceptors (Lipinski definition) is 5. The Morgan fingerprint density at radius 2 is 2.33 bits per heavy atom. The van der Waals surface area contributed by atoms with Gasteiger partial charge < -0.3 is 0 Å². The molecule has 2 heterocycles. The number of aryl methyl sites for hydroxylation is 1. The van der Waals surface area contributed by atoms with Gasteiger partial charge in [-0.2, -0.15) is 14.9 Å². The summed E-state index contributed by atoms with van der Waals surface area (Å²) in [5, 5.41) is 22.6. The monoisotopic (exact) mass is 267 g/mol. The molecular formula is C10H10ClN5O2. The first kappa shape index (κ1) is 12.4. The Labute approximate surface area is 108 Å². The molecule has 0 spiro atoms. The third kappa shape index (κ3) is 2.17. The molecule has 0 N–H and O–H groups in total. The highest BCUT2D eigenvalue weighted by atomic mass is 35.5. The van der Waals surface area contributed by atoms with Crippen molar-refractivity contribution >= 4 is 17.3 Å². The molecule has 2 aromatic rings. The molecule has 2 rings (SSSR count). The molecule has 0 unspecified atom stereocenters. The summed E-state index contributed by atoms with van der Waals surface area (Å²) in [6.45, 7) is 1.92. The Bertz CT molecular complexity index is 569.